The number of hydrogen-bond donors (Lipinski definition) is 1. The van der Waals surface area contributed by atoms with E-state index in [1.165, 1.54) is 0 Å². The van der Waals surface area contributed by atoms with Gasteiger partial charge < -0.3 is 10.2 Å². The lowest BCUT2D eigenvalue weighted by Gasteiger charge is -2.31. The Labute approximate surface area is 126 Å². The molecular formula is C16H14N2O4. The van der Waals surface area contributed by atoms with Crippen LogP contribution in [0.2, 0.25) is 0 Å². The minimum absolute atomic E-state index is 0.0161. The topological polar surface area (TPSA) is 84.8 Å². The quantitative estimate of drug-likeness (QED) is 0.385. The summed E-state index contributed by atoms with van der Waals surface area (Å²) in [6.45, 7) is 0. The van der Waals surface area contributed by atoms with E-state index in [1.807, 2.05) is 12.2 Å². The molecule has 1 aromatic rings. The Balaban J connectivity index is 1.81. The van der Waals surface area contributed by atoms with Crippen molar-refractivity contribution in [1.82, 2.24) is 5.32 Å². The second kappa shape index (κ2) is 5.93. The number of Topliss-reactive ketones (excluding diaryl/α,β-unsaturated/α-hetero) is 1. The summed E-state index contributed by atoms with van der Waals surface area (Å²) in [6, 6.07) is 8.08. The summed E-state index contributed by atoms with van der Waals surface area (Å²) in [7, 11) is 0. The lowest BCUT2D eigenvalue weighted by Crippen LogP contribution is -2.55. The molecule has 0 bridgehead atoms. The van der Waals surface area contributed by atoms with Crippen molar-refractivity contribution in [2.45, 2.75) is 18.9 Å². The fraction of sp³-hybridized carbons (Fsp3) is 0.250. The summed E-state index contributed by atoms with van der Waals surface area (Å²) in [6.07, 6.45) is 5.25. The molecule has 1 saturated heterocycles. The van der Waals surface area contributed by atoms with Gasteiger partial charge in [0.25, 0.3) is 11.7 Å². The Morgan fingerprint density at radius 3 is 2.77 bits per heavy atom. The number of carbonyl (C=O) groups excluding carboxylic acids is 3. The number of benzene rings is 1. The molecule has 0 radical (unpaired) electrons. The first-order chi connectivity index (χ1) is 10.7. The Kier molecular flexibility index (Phi) is 3.82. The van der Waals surface area contributed by atoms with Gasteiger partial charge in [0.15, 0.2) is 0 Å². The lowest BCUT2D eigenvalue weighted by molar-refractivity contribution is -0.135. The number of ketones is 1. The molecule has 1 heterocycles. The van der Waals surface area contributed by atoms with Gasteiger partial charge in [-0.25, -0.2) is 4.79 Å². The Bertz CT molecular complexity index is 679. The number of fused-ring (bicyclic) bond motifs is 1. The van der Waals surface area contributed by atoms with E-state index < -0.39 is 17.7 Å². The van der Waals surface area contributed by atoms with Gasteiger partial charge >= 0.3 is 5.97 Å². The molecule has 1 aromatic carbocycles. The van der Waals surface area contributed by atoms with Crippen molar-refractivity contribution in [3.8, 4) is 0 Å². The normalized spacial score (nSPS) is 25.5. The first-order valence-electron chi connectivity index (χ1n) is 7.03. The zero-order valence-electron chi connectivity index (χ0n) is 11.7. The fourth-order valence-electron chi connectivity index (χ4n) is 2.62. The maximum atomic E-state index is 12.0. The van der Waals surface area contributed by atoms with Gasteiger partial charge in [-0.2, -0.15) is 0 Å². The molecule has 0 saturated carbocycles. The molecule has 1 fully saturated rings. The second-order valence-corrected chi connectivity index (χ2v) is 5.16. The molecule has 0 spiro atoms. The third-order valence-corrected chi connectivity index (χ3v) is 3.75. The van der Waals surface area contributed by atoms with Crippen LogP contribution < -0.4 is 5.32 Å². The van der Waals surface area contributed by atoms with Crippen LogP contribution in [0.5, 0.6) is 0 Å². The number of amides is 1. The summed E-state index contributed by atoms with van der Waals surface area (Å²) in [5, 5.41) is 6.32. The van der Waals surface area contributed by atoms with E-state index in [4.69, 9.17) is 4.84 Å². The average molecular weight is 298 g/mol. The number of piperidine rings is 1. The molecule has 112 valence electrons. The van der Waals surface area contributed by atoms with Crippen molar-refractivity contribution < 1.29 is 19.2 Å². The first kappa shape index (κ1) is 14.2. The molecule has 2 atom stereocenters. The van der Waals surface area contributed by atoms with Gasteiger partial charge in [0, 0.05) is 5.92 Å². The van der Waals surface area contributed by atoms with Gasteiger partial charge in [-0.15, -0.1) is 0 Å². The molecule has 6 nitrogen and oxygen atoms in total. The van der Waals surface area contributed by atoms with Crippen molar-refractivity contribution in [2.75, 3.05) is 0 Å². The van der Waals surface area contributed by atoms with E-state index in [1.54, 1.807) is 30.3 Å². The smallest absolute Gasteiger partial charge is 0.342 e. The third-order valence-electron chi connectivity index (χ3n) is 3.75. The molecule has 1 amide bonds. The van der Waals surface area contributed by atoms with Gasteiger partial charge in [0.1, 0.15) is 5.71 Å². The van der Waals surface area contributed by atoms with Gasteiger partial charge in [0.2, 0.25) is 0 Å². The van der Waals surface area contributed by atoms with Gasteiger partial charge in [-0.05, 0) is 25.0 Å². The van der Waals surface area contributed by atoms with Crippen LogP contribution in [0.4, 0.5) is 0 Å². The fourth-order valence-corrected chi connectivity index (χ4v) is 2.62. The minimum Gasteiger partial charge on any atom is -0.342 e. The zero-order chi connectivity index (χ0) is 15.5. The van der Waals surface area contributed by atoms with E-state index in [0.29, 0.717) is 12.0 Å². The van der Waals surface area contributed by atoms with Crippen LogP contribution in [-0.2, 0) is 14.4 Å². The molecule has 22 heavy (non-hydrogen) atoms. The van der Waals surface area contributed by atoms with E-state index in [0.717, 1.165) is 6.42 Å². The Morgan fingerprint density at radius 1 is 1.23 bits per heavy atom. The predicted molar refractivity (Wildman–Crippen MR) is 78.1 cm³/mol. The van der Waals surface area contributed by atoms with E-state index in [9.17, 15) is 14.4 Å². The van der Waals surface area contributed by atoms with Crippen molar-refractivity contribution in [1.29, 1.82) is 0 Å². The highest BCUT2D eigenvalue weighted by molar-refractivity contribution is 6.66. The Morgan fingerprint density at radius 2 is 2.00 bits per heavy atom. The zero-order valence-corrected chi connectivity index (χ0v) is 11.7. The maximum Gasteiger partial charge on any atom is 0.365 e. The van der Waals surface area contributed by atoms with Crippen molar-refractivity contribution >= 4 is 23.4 Å². The second-order valence-electron chi connectivity index (χ2n) is 5.16. The highest BCUT2D eigenvalue weighted by Crippen LogP contribution is 2.24. The van der Waals surface area contributed by atoms with Crippen LogP contribution >= 0.6 is 0 Å². The van der Waals surface area contributed by atoms with Crippen LogP contribution in [0.3, 0.4) is 0 Å². The number of oxime groups is 1. The number of rotatable bonds is 2. The van der Waals surface area contributed by atoms with Crippen molar-refractivity contribution in [2.24, 2.45) is 11.1 Å². The number of nitrogens with one attached hydrogen (secondary N) is 1. The summed E-state index contributed by atoms with van der Waals surface area (Å²) in [4.78, 5) is 40.4. The SMILES string of the molecule is O=C1NC2C=CCCC2C(=NOC(=O)c2ccccc2)C1=O. The highest BCUT2D eigenvalue weighted by Gasteiger charge is 2.40. The third kappa shape index (κ3) is 2.67. The molecule has 6 heteroatoms. The molecule has 0 aromatic heterocycles. The van der Waals surface area contributed by atoms with Crippen LogP contribution in [0.15, 0.2) is 47.6 Å². The lowest BCUT2D eigenvalue weighted by atomic mass is 9.81. The van der Waals surface area contributed by atoms with Gasteiger partial charge in [-0.1, -0.05) is 35.5 Å². The van der Waals surface area contributed by atoms with Crippen LogP contribution in [0.1, 0.15) is 23.2 Å². The summed E-state index contributed by atoms with van der Waals surface area (Å²) >= 11 is 0. The van der Waals surface area contributed by atoms with E-state index in [2.05, 4.69) is 10.5 Å². The Hall–Kier alpha value is -2.76. The number of hydrogen-bond acceptors (Lipinski definition) is 5. The van der Waals surface area contributed by atoms with Crippen molar-refractivity contribution in [3.63, 3.8) is 0 Å². The summed E-state index contributed by atoms with van der Waals surface area (Å²) in [5.41, 5.74) is 0.349. The van der Waals surface area contributed by atoms with Crippen LogP contribution in [0.25, 0.3) is 0 Å². The number of allylic oxidation sites excluding steroid dienone is 1. The number of nitrogens with zero attached hydrogens (tertiary/aromatic N) is 1. The molecule has 2 unspecified atom stereocenters. The van der Waals surface area contributed by atoms with Crippen molar-refractivity contribution in [3.05, 3.63) is 48.0 Å². The molecule has 1 N–H and O–H groups in total. The summed E-state index contributed by atoms with van der Waals surface area (Å²) in [5.74, 6) is -2.37. The van der Waals surface area contributed by atoms with Crippen LogP contribution in [-0.4, -0.2) is 29.4 Å². The molecule has 1 aliphatic heterocycles. The maximum absolute atomic E-state index is 12.0. The first-order valence-corrected chi connectivity index (χ1v) is 7.03. The highest BCUT2D eigenvalue weighted by atomic mass is 16.7. The van der Waals surface area contributed by atoms with Gasteiger partial charge in [-0.3, -0.25) is 9.59 Å². The average Bonchev–Trinajstić information content (AvgIpc) is 2.56. The largest absolute Gasteiger partial charge is 0.365 e. The monoisotopic (exact) mass is 298 g/mol. The molecule has 2 aliphatic rings. The van der Waals surface area contributed by atoms with E-state index >= 15 is 0 Å². The minimum atomic E-state index is -0.739. The molecule has 3 rings (SSSR count). The van der Waals surface area contributed by atoms with E-state index in [-0.39, 0.29) is 17.7 Å². The molecular weight excluding hydrogens is 284 g/mol. The molecule has 1 aliphatic carbocycles. The standard InChI is InChI=1S/C16H14N2O4/c19-14-13(11-8-4-5-9-12(11)17-15(14)20)18-22-16(21)10-6-2-1-3-7-10/h1-3,5-7,9,11-12H,4,8H2,(H,17,20). The predicted octanol–water partition coefficient (Wildman–Crippen LogP) is 1.23. The van der Waals surface area contributed by atoms with Gasteiger partial charge in [0.05, 0.1) is 11.6 Å². The summed E-state index contributed by atoms with van der Waals surface area (Å²) < 4.78 is 0. The van der Waals surface area contributed by atoms with Crippen LogP contribution in [0, 0.1) is 5.92 Å². The number of carbonyl (C=O) groups is 3.